The molecule has 0 radical (unpaired) electrons. The van der Waals surface area contributed by atoms with E-state index in [1.807, 2.05) is 19.1 Å². The van der Waals surface area contributed by atoms with Gasteiger partial charge in [0.1, 0.15) is 24.6 Å². The average Bonchev–Trinajstić information content (AvgIpc) is 3.27. The van der Waals surface area contributed by atoms with Crippen LogP contribution in [0.4, 0.5) is 10.5 Å². The summed E-state index contributed by atoms with van der Waals surface area (Å²) in [5, 5.41) is 12.7. The highest BCUT2D eigenvalue weighted by molar-refractivity contribution is 5.66. The van der Waals surface area contributed by atoms with Gasteiger partial charge < -0.3 is 25.1 Å². The summed E-state index contributed by atoms with van der Waals surface area (Å²) in [6, 6.07) is 3.81. The van der Waals surface area contributed by atoms with Crippen LogP contribution in [0.2, 0.25) is 0 Å². The fourth-order valence-corrected chi connectivity index (χ4v) is 3.53. The highest BCUT2D eigenvalue weighted by Crippen LogP contribution is 2.55. The molecule has 8 nitrogen and oxygen atoms in total. The van der Waals surface area contributed by atoms with Crippen molar-refractivity contribution < 1.29 is 28.9 Å². The Balaban J connectivity index is 1.85. The number of rotatable bonds is 3. The number of carbonyl (C=O) groups is 1. The number of ether oxygens (including phenoxy) is 3. The molecule has 1 aromatic rings. The van der Waals surface area contributed by atoms with Crippen LogP contribution in [-0.2, 0) is 14.3 Å². The van der Waals surface area contributed by atoms with Gasteiger partial charge in [-0.2, -0.15) is 0 Å². The maximum Gasteiger partial charge on any atom is 0.404 e. The molecule has 4 rings (SSSR count). The zero-order valence-electron chi connectivity index (χ0n) is 12.8. The molecule has 1 amide bonds. The van der Waals surface area contributed by atoms with Gasteiger partial charge >= 0.3 is 6.09 Å². The minimum absolute atomic E-state index is 0.107. The molecule has 0 saturated carbocycles. The molecule has 3 N–H and O–H groups in total. The summed E-state index contributed by atoms with van der Waals surface area (Å²) in [7, 11) is 1.56. The molecular weight excluding hydrogens is 304 g/mol. The first-order valence-corrected chi connectivity index (χ1v) is 7.39. The Hall–Kier alpha value is -2.03. The molecular formula is C15H18N2O6. The Morgan fingerprint density at radius 2 is 2.35 bits per heavy atom. The molecule has 2 bridgehead atoms. The lowest BCUT2D eigenvalue weighted by Crippen LogP contribution is -2.59. The van der Waals surface area contributed by atoms with Crippen LogP contribution in [0.25, 0.3) is 0 Å². The van der Waals surface area contributed by atoms with E-state index in [1.165, 1.54) is 0 Å². The zero-order valence-corrected chi connectivity index (χ0v) is 12.8. The molecule has 2 fully saturated rings. The van der Waals surface area contributed by atoms with Crippen molar-refractivity contribution in [3.05, 3.63) is 23.3 Å². The standard InChI is InChI=1S/C15H18N2O6/c1-7-3-9-12(10(4-7)20-2)8(6-21-14(16)18)15(19)13-11(22-13)5-17(9)23-15/h3-4,8,11,13,19H,5-6H2,1-2H3,(H2,16,18)/t8-,11+,13+,15?/m1/s1. The van der Waals surface area contributed by atoms with E-state index in [1.54, 1.807) is 12.2 Å². The number of epoxide rings is 1. The van der Waals surface area contributed by atoms with Crippen molar-refractivity contribution in [1.29, 1.82) is 0 Å². The van der Waals surface area contributed by atoms with Crippen LogP contribution in [0.1, 0.15) is 17.0 Å². The van der Waals surface area contributed by atoms with E-state index in [9.17, 15) is 9.90 Å². The molecule has 3 aliphatic rings. The maximum absolute atomic E-state index is 11.0. The van der Waals surface area contributed by atoms with E-state index in [2.05, 4.69) is 0 Å². The number of nitrogens with two attached hydrogens (primary N) is 1. The van der Waals surface area contributed by atoms with Gasteiger partial charge in [0.25, 0.3) is 0 Å². The van der Waals surface area contributed by atoms with Crippen LogP contribution in [0.15, 0.2) is 12.1 Å². The SMILES string of the molecule is COc1cc(C)cc2c1[C@@H](COC(N)=O)C1(O)ON2C[C@@H]2O[C@@H]21. The second-order valence-corrected chi connectivity index (χ2v) is 6.08. The van der Waals surface area contributed by atoms with Crippen LogP contribution in [0.3, 0.4) is 0 Å². The Morgan fingerprint density at radius 1 is 1.57 bits per heavy atom. The van der Waals surface area contributed by atoms with Gasteiger partial charge in [-0.15, -0.1) is 0 Å². The molecule has 3 heterocycles. The largest absolute Gasteiger partial charge is 0.496 e. The predicted molar refractivity (Wildman–Crippen MR) is 78.0 cm³/mol. The minimum atomic E-state index is -1.62. The molecule has 0 spiro atoms. The van der Waals surface area contributed by atoms with Crippen molar-refractivity contribution in [2.75, 3.05) is 25.3 Å². The molecule has 3 aliphatic heterocycles. The number of aliphatic hydroxyl groups is 1. The summed E-state index contributed by atoms with van der Waals surface area (Å²) in [6.45, 7) is 2.34. The molecule has 4 atom stereocenters. The first kappa shape index (κ1) is 14.6. The van der Waals surface area contributed by atoms with Crippen LogP contribution in [0.5, 0.6) is 5.75 Å². The van der Waals surface area contributed by atoms with Gasteiger partial charge in [-0.1, -0.05) is 0 Å². The second kappa shape index (κ2) is 4.73. The van der Waals surface area contributed by atoms with Gasteiger partial charge in [0, 0.05) is 5.56 Å². The zero-order chi connectivity index (χ0) is 16.4. The summed E-state index contributed by atoms with van der Waals surface area (Å²) >= 11 is 0. The van der Waals surface area contributed by atoms with E-state index >= 15 is 0 Å². The number of aryl methyl sites for hydroxylation is 1. The fraction of sp³-hybridized carbons (Fsp3) is 0.533. The summed E-state index contributed by atoms with van der Waals surface area (Å²) in [6.07, 6.45) is -1.48. The number of nitrogens with zero attached hydrogens (tertiary/aromatic N) is 1. The molecule has 124 valence electrons. The molecule has 23 heavy (non-hydrogen) atoms. The number of hydroxylamine groups is 1. The summed E-state index contributed by atoms with van der Waals surface area (Å²) in [4.78, 5) is 16.8. The van der Waals surface area contributed by atoms with E-state index in [0.717, 1.165) is 16.8 Å². The lowest BCUT2D eigenvalue weighted by atomic mass is 9.83. The van der Waals surface area contributed by atoms with Gasteiger partial charge in [-0.05, 0) is 24.6 Å². The van der Waals surface area contributed by atoms with E-state index in [0.29, 0.717) is 12.3 Å². The first-order chi connectivity index (χ1) is 10.9. The van der Waals surface area contributed by atoms with Crippen LogP contribution in [0, 0.1) is 6.92 Å². The lowest BCUT2D eigenvalue weighted by Gasteiger charge is -2.47. The van der Waals surface area contributed by atoms with E-state index < -0.39 is 23.9 Å². The molecule has 0 aliphatic carbocycles. The minimum Gasteiger partial charge on any atom is -0.496 e. The third-order valence-electron chi connectivity index (χ3n) is 4.59. The number of hydrogen-bond donors (Lipinski definition) is 2. The van der Waals surface area contributed by atoms with Crippen molar-refractivity contribution in [1.82, 2.24) is 0 Å². The quantitative estimate of drug-likeness (QED) is 0.776. The number of fused-ring (bicyclic) bond motifs is 6. The van der Waals surface area contributed by atoms with Crippen molar-refractivity contribution in [3.8, 4) is 5.75 Å². The van der Waals surface area contributed by atoms with Crippen LogP contribution < -0.4 is 15.5 Å². The van der Waals surface area contributed by atoms with Crippen LogP contribution in [-0.4, -0.2) is 49.5 Å². The normalized spacial score (nSPS) is 33.5. The summed E-state index contributed by atoms with van der Waals surface area (Å²) in [5.74, 6) is -1.68. The van der Waals surface area contributed by atoms with Crippen molar-refractivity contribution in [3.63, 3.8) is 0 Å². The lowest BCUT2D eigenvalue weighted by molar-refractivity contribution is -0.254. The molecule has 1 unspecified atom stereocenters. The van der Waals surface area contributed by atoms with Gasteiger partial charge in [0.2, 0.25) is 5.79 Å². The fourth-order valence-electron chi connectivity index (χ4n) is 3.53. The summed E-state index contributed by atoms with van der Waals surface area (Å²) < 4.78 is 16.0. The number of amides is 1. The van der Waals surface area contributed by atoms with Gasteiger partial charge in [-0.3, -0.25) is 0 Å². The van der Waals surface area contributed by atoms with Crippen molar-refractivity contribution in [2.24, 2.45) is 5.73 Å². The van der Waals surface area contributed by atoms with Gasteiger partial charge in [0.05, 0.1) is 25.3 Å². The Morgan fingerprint density at radius 3 is 3.04 bits per heavy atom. The number of methoxy groups -OCH3 is 1. The van der Waals surface area contributed by atoms with Gasteiger partial charge in [-0.25, -0.2) is 14.7 Å². The average molecular weight is 322 g/mol. The molecule has 8 heteroatoms. The Kier molecular flexibility index (Phi) is 2.99. The number of hydrogen-bond acceptors (Lipinski definition) is 7. The number of anilines is 1. The smallest absolute Gasteiger partial charge is 0.404 e. The highest BCUT2D eigenvalue weighted by Gasteiger charge is 2.67. The maximum atomic E-state index is 11.0. The highest BCUT2D eigenvalue weighted by atomic mass is 16.8. The van der Waals surface area contributed by atoms with E-state index in [4.69, 9.17) is 24.8 Å². The summed E-state index contributed by atoms with van der Waals surface area (Å²) in [5.41, 5.74) is 7.57. The third-order valence-corrected chi connectivity index (χ3v) is 4.59. The molecule has 1 aromatic carbocycles. The van der Waals surface area contributed by atoms with Crippen molar-refractivity contribution >= 4 is 11.8 Å². The molecule has 2 saturated heterocycles. The van der Waals surface area contributed by atoms with E-state index in [-0.39, 0.29) is 12.7 Å². The Bertz CT molecular complexity index is 680. The number of carbonyl (C=O) groups excluding carboxylic acids is 1. The number of benzene rings is 1. The third kappa shape index (κ3) is 2.06. The number of primary amides is 1. The van der Waals surface area contributed by atoms with Gasteiger partial charge in [0.15, 0.2) is 0 Å². The monoisotopic (exact) mass is 322 g/mol. The molecule has 0 aromatic heterocycles. The second-order valence-electron chi connectivity index (χ2n) is 6.08. The van der Waals surface area contributed by atoms with Crippen LogP contribution >= 0.6 is 0 Å². The predicted octanol–water partition coefficient (Wildman–Crippen LogP) is 0.404. The topological polar surface area (TPSA) is 107 Å². The van der Waals surface area contributed by atoms with Crippen molar-refractivity contribution in [2.45, 2.75) is 30.8 Å². The Labute approximate surface area is 132 Å². The first-order valence-electron chi connectivity index (χ1n) is 7.39.